The SMILES string of the molecule is NCCOc1ccc(NC(=O)CCc2nc(C3CCCC3)no2)cc1. The Morgan fingerprint density at radius 3 is 2.76 bits per heavy atom. The van der Waals surface area contributed by atoms with E-state index in [1.54, 1.807) is 24.3 Å². The molecule has 1 aromatic heterocycles. The van der Waals surface area contributed by atoms with Crippen LogP contribution in [0.5, 0.6) is 5.75 Å². The molecule has 3 rings (SSSR count). The predicted octanol–water partition coefficient (Wildman–Crippen LogP) is 2.64. The lowest BCUT2D eigenvalue weighted by atomic mass is 10.1. The molecule has 3 N–H and O–H groups in total. The van der Waals surface area contributed by atoms with Crippen LogP contribution in [-0.4, -0.2) is 29.2 Å². The van der Waals surface area contributed by atoms with E-state index in [-0.39, 0.29) is 5.91 Å². The Balaban J connectivity index is 1.44. The van der Waals surface area contributed by atoms with Crippen LogP contribution in [0.3, 0.4) is 0 Å². The second-order valence-corrected chi connectivity index (χ2v) is 6.24. The van der Waals surface area contributed by atoms with Crippen LogP contribution < -0.4 is 15.8 Å². The second kappa shape index (κ2) is 8.62. The van der Waals surface area contributed by atoms with Crippen molar-refractivity contribution in [3.05, 3.63) is 36.0 Å². The lowest BCUT2D eigenvalue weighted by molar-refractivity contribution is -0.116. The summed E-state index contributed by atoms with van der Waals surface area (Å²) in [4.78, 5) is 16.5. The zero-order valence-electron chi connectivity index (χ0n) is 14.2. The monoisotopic (exact) mass is 344 g/mol. The number of carbonyl (C=O) groups is 1. The number of rotatable bonds is 8. The number of benzene rings is 1. The van der Waals surface area contributed by atoms with E-state index in [9.17, 15) is 4.79 Å². The molecule has 1 amide bonds. The van der Waals surface area contributed by atoms with E-state index < -0.39 is 0 Å². The average molecular weight is 344 g/mol. The van der Waals surface area contributed by atoms with E-state index in [4.69, 9.17) is 15.0 Å². The molecule has 1 aromatic carbocycles. The fourth-order valence-electron chi connectivity index (χ4n) is 2.97. The summed E-state index contributed by atoms with van der Waals surface area (Å²) in [5.74, 6) is 2.39. The molecule has 25 heavy (non-hydrogen) atoms. The topological polar surface area (TPSA) is 103 Å². The van der Waals surface area contributed by atoms with Crippen LogP contribution in [0.1, 0.15) is 49.7 Å². The quantitative estimate of drug-likeness (QED) is 0.763. The number of nitrogens with one attached hydrogen (secondary N) is 1. The molecule has 1 saturated carbocycles. The molecule has 1 aliphatic rings. The van der Waals surface area contributed by atoms with Crippen LogP contribution >= 0.6 is 0 Å². The Morgan fingerprint density at radius 1 is 1.28 bits per heavy atom. The number of hydrogen-bond donors (Lipinski definition) is 2. The molecule has 7 heteroatoms. The van der Waals surface area contributed by atoms with Gasteiger partial charge in [-0.2, -0.15) is 4.98 Å². The van der Waals surface area contributed by atoms with Crippen molar-refractivity contribution in [2.45, 2.75) is 44.4 Å². The van der Waals surface area contributed by atoms with Crippen molar-refractivity contribution in [2.75, 3.05) is 18.5 Å². The zero-order valence-corrected chi connectivity index (χ0v) is 14.2. The molecule has 7 nitrogen and oxygen atoms in total. The molecule has 0 aliphatic heterocycles. The molecule has 0 spiro atoms. The molecule has 0 radical (unpaired) electrons. The highest BCUT2D eigenvalue weighted by Gasteiger charge is 2.22. The first kappa shape index (κ1) is 17.4. The van der Waals surface area contributed by atoms with Gasteiger partial charge in [-0.3, -0.25) is 4.79 Å². The van der Waals surface area contributed by atoms with Crippen molar-refractivity contribution in [1.29, 1.82) is 0 Å². The summed E-state index contributed by atoms with van der Waals surface area (Å²) in [6, 6.07) is 7.21. The highest BCUT2D eigenvalue weighted by molar-refractivity contribution is 5.90. The maximum absolute atomic E-state index is 12.1. The summed E-state index contributed by atoms with van der Waals surface area (Å²) in [7, 11) is 0. The Labute approximate surface area is 146 Å². The van der Waals surface area contributed by atoms with E-state index >= 15 is 0 Å². The van der Waals surface area contributed by atoms with Crippen LogP contribution in [-0.2, 0) is 11.2 Å². The number of carbonyl (C=O) groups excluding carboxylic acids is 1. The van der Waals surface area contributed by atoms with E-state index in [0.29, 0.717) is 37.8 Å². The minimum Gasteiger partial charge on any atom is -0.492 e. The van der Waals surface area contributed by atoms with E-state index in [1.165, 1.54) is 12.8 Å². The number of hydrogen-bond acceptors (Lipinski definition) is 6. The molecule has 0 unspecified atom stereocenters. The van der Waals surface area contributed by atoms with Gasteiger partial charge in [0.1, 0.15) is 12.4 Å². The molecular formula is C18H24N4O3. The minimum atomic E-state index is -0.0868. The molecule has 1 aliphatic carbocycles. The maximum atomic E-state index is 12.1. The Morgan fingerprint density at radius 2 is 2.04 bits per heavy atom. The highest BCUT2D eigenvalue weighted by atomic mass is 16.5. The standard InChI is InChI=1S/C18H24N4O3/c19-11-12-24-15-7-5-14(6-8-15)20-16(23)9-10-17-21-18(22-25-17)13-3-1-2-4-13/h5-8,13H,1-4,9-12,19H2,(H,20,23). The first-order valence-electron chi connectivity index (χ1n) is 8.80. The van der Waals surface area contributed by atoms with Gasteiger partial charge in [-0.25, -0.2) is 0 Å². The average Bonchev–Trinajstić information content (AvgIpc) is 3.30. The summed E-state index contributed by atoms with van der Waals surface area (Å²) < 4.78 is 10.7. The number of nitrogens with two attached hydrogens (primary N) is 1. The van der Waals surface area contributed by atoms with Crippen LogP contribution in [0.25, 0.3) is 0 Å². The van der Waals surface area contributed by atoms with Gasteiger partial charge in [0.05, 0.1) is 0 Å². The molecule has 0 bridgehead atoms. The zero-order chi connectivity index (χ0) is 17.5. The van der Waals surface area contributed by atoms with Crippen molar-refractivity contribution in [2.24, 2.45) is 5.73 Å². The fourth-order valence-corrected chi connectivity index (χ4v) is 2.97. The van der Waals surface area contributed by atoms with Crippen molar-refractivity contribution >= 4 is 11.6 Å². The minimum absolute atomic E-state index is 0.0868. The van der Waals surface area contributed by atoms with Crippen LogP contribution in [0.15, 0.2) is 28.8 Å². The molecule has 0 atom stereocenters. The second-order valence-electron chi connectivity index (χ2n) is 6.24. The summed E-state index contributed by atoms with van der Waals surface area (Å²) in [6.07, 6.45) is 5.47. The van der Waals surface area contributed by atoms with Crippen LogP contribution in [0.2, 0.25) is 0 Å². The van der Waals surface area contributed by atoms with Gasteiger partial charge in [-0.1, -0.05) is 18.0 Å². The number of amides is 1. The maximum Gasteiger partial charge on any atom is 0.227 e. The number of anilines is 1. The van der Waals surface area contributed by atoms with E-state index in [0.717, 1.165) is 30.1 Å². The normalized spacial score (nSPS) is 14.6. The smallest absolute Gasteiger partial charge is 0.227 e. The number of aryl methyl sites for hydroxylation is 1. The summed E-state index contributed by atoms with van der Waals surface area (Å²) in [5.41, 5.74) is 6.12. The van der Waals surface area contributed by atoms with Gasteiger partial charge in [0.2, 0.25) is 11.8 Å². The van der Waals surface area contributed by atoms with Crippen LogP contribution in [0, 0.1) is 0 Å². The van der Waals surface area contributed by atoms with Gasteiger partial charge in [0.25, 0.3) is 0 Å². The van der Waals surface area contributed by atoms with Gasteiger partial charge in [-0.15, -0.1) is 0 Å². The highest BCUT2D eigenvalue weighted by Crippen LogP contribution is 2.32. The molecular weight excluding hydrogens is 320 g/mol. The van der Waals surface area contributed by atoms with Gasteiger partial charge in [0, 0.05) is 31.0 Å². The third-order valence-electron chi connectivity index (χ3n) is 4.29. The Kier molecular flexibility index (Phi) is 6.00. The summed E-state index contributed by atoms with van der Waals surface area (Å²) >= 11 is 0. The third-order valence-corrected chi connectivity index (χ3v) is 4.29. The van der Waals surface area contributed by atoms with E-state index in [1.807, 2.05) is 0 Å². The van der Waals surface area contributed by atoms with Crippen molar-refractivity contribution in [3.63, 3.8) is 0 Å². The Hall–Kier alpha value is -2.41. The summed E-state index contributed by atoms with van der Waals surface area (Å²) in [6.45, 7) is 0.940. The van der Waals surface area contributed by atoms with Gasteiger partial charge >= 0.3 is 0 Å². The predicted molar refractivity (Wildman–Crippen MR) is 93.4 cm³/mol. The molecule has 1 fully saturated rings. The van der Waals surface area contributed by atoms with Crippen molar-refractivity contribution in [3.8, 4) is 5.75 Å². The van der Waals surface area contributed by atoms with Crippen molar-refractivity contribution in [1.82, 2.24) is 10.1 Å². The largest absolute Gasteiger partial charge is 0.492 e. The number of aromatic nitrogens is 2. The Bertz CT molecular complexity index is 678. The van der Waals surface area contributed by atoms with Crippen molar-refractivity contribution < 1.29 is 14.1 Å². The molecule has 134 valence electrons. The summed E-state index contributed by atoms with van der Waals surface area (Å²) in [5, 5.41) is 6.90. The molecule has 2 aromatic rings. The number of nitrogens with zero attached hydrogens (tertiary/aromatic N) is 2. The fraction of sp³-hybridized carbons (Fsp3) is 0.500. The van der Waals surface area contributed by atoms with Crippen LogP contribution in [0.4, 0.5) is 5.69 Å². The number of ether oxygens (including phenoxy) is 1. The first-order valence-corrected chi connectivity index (χ1v) is 8.80. The first-order chi connectivity index (χ1) is 12.2. The van der Waals surface area contributed by atoms with E-state index in [2.05, 4.69) is 15.5 Å². The third kappa shape index (κ3) is 5.03. The lowest BCUT2D eigenvalue weighted by Crippen LogP contribution is -2.13. The van der Waals surface area contributed by atoms with Gasteiger partial charge in [0.15, 0.2) is 5.82 Å². The molecule has 0 saturated heterocycles. The lowest BCUT2D eigenvalue weighted by Gasteiger charge is -2.07. The molecule has 1 heterocycles. The van der Waals surface area contributed by atoms with Gasteiger partial charge < -0.3 is 20.3 Å². The van der Waals surface area contributed by atoms with Gasteiger partial charge in [-0.05, 0) is 37.1 Å².